The number of phosphoric acid groups is 1. The molecule has 57 heavy (non-hydrogen) atoms. The first kappa shape index (κ1) is 55.8. The number of ether oxygens (including phenoxy) is 2. The summed E-state index contributed by atoms with van der Waals surface area (Å²) < 4.78 is 32.8. The second-order valence-corrected chi connectivity index (χ2v) is 17.8. The van der Waals surface area contributed by atoms with Gasteiger partial charge in [-0.2, -0.15) is 0 Å². The van der Waals surface area contributed by atoms with Crippen LogP contribution in [0.25, 0.3) is 0 Å². The van der Waals surface area contributed by atoms with Gasteiger partial charge in [0.05, 0.1) is 13.2 Å². The van der Waals surface area contributed by atoms with Gasteiger partial charge in [0.25, 0.3) is 0 Å². The lowest BCUT2D eigenvalue weighted by atomic mass is 10.0. The van der Waals surface area contributed by atoms with Crippen LogP contribution in [0.2, 0.25) is 0 Å². The van der Waals surface area contributed by atoms with Crippen LogP contribution in [0, 0.1) is 0 Å². The minimum atomic E-state index is -4.37. The Labute approximate surface area is 351 Å². The lowest BCUT2D eigenvalue weighted by molar-refractivity contribution is -0.161. The third kappa shape index (κ3) is 44.1. The molecule has 0 rings (SSSR count). The second-order valence-electron chi connectivity index (χ2n) is 16.3. The summed E-state index contributed by atoms with van der Waals surface area (Å²) in [5, 5.41) is 0. The highest BCUT2D eigenvalue weighted by Crippen LogP contribution is 2.43. The number of unbranched alkanes of at least 4 members (excludes halogenated alkanes) is 31. The number of nitrogens with two attached hydrogens (primary N) is 1. The van der Waals surface area contributed by atoms with Crippen LogP contribution in [0.1, 0.15) is 245 Å². The lowest BCUT2D eigenvalue weighted by Crippen LogP contribution is -2.29. The maximum absolute atomic E-state index is 12.6. The van der Waals surface area contributed by atoms with E-state index in [2.05, 4.69) is 26.0 Å². The van der Waals surface area contributed by atoms with Crippen molar-refractivity contribution in [2.45, 2.75) is 251 Å². The standard InChI is InChI=1S/C47H92NO8P/c1-3-5-7-9-11-13-15-17-19-20-21-22-23-24-25-26-28-29-31-33-35-37-39-46(49)53-43-45(44-55-57(51,52)54-42-41-48)56-47(50)40-38-36-34-32-30-27-18-16-14-12-10-8-6-4-2/h16,18,45H,3-15,17,19-44,48H2,1-2H3,(H,51,52)/b18-16+/t45-/m1/s1. The highest BCUT2D eigenvalue weighted by Gasteiger charge is 2.26. The minimum Gasteiger partial charge on any atom is -0.462 e. The van der Waals surface area contributed by atoms with Crippen LogP contribution in [0.5, 0.6) is 0 Å². The van der Waals surface area contributed by atoms with Crippen LogP contribution in [-0.2, 0) is 32.7 Å². The summed E-state index contributed by atoms with van der Waals surface area (Å²) in [6, 6.07) is 0. The summed E-state index contributed by atoms with van der Waals surface area (Å²) in [5.74, 6) is -0.825. The van der Waals surface area contributed by atoms with E-state index in [1.807, 2.05) is 0 Å². The number of phosphoric ester groups is 1. The zero-order valence-corrected chi connectivity index (χ0v) is 38.2. The Bertz CT molecular complexity index is 948. The molecule has 0 aromatic carbocycles. The summed E-state index contributed by atoms with van der Waals surface area (Å²) in [6.07, 6.45) is 46.8. The Morgan fingerprint density at radius 2 is 0.860 bits per heavy atom. The van der Waals surface area contributed by atoms with Crippen molar-refractivity contribution in [1.82, 2.24) is 0 Å². The van der Waals surface area contributed by atoms with Crippen LogP contribution in [0.3, 0.4) is 0 Å². The number of esters is 2. The molecule has 0 fully saturated rings. The smallest absolute Gasteiger partial charge is 0.462 e. The summed E-state index contributed by atoms with van der Waals surface area (Å²) in [7, 11) is -4.37. The van der Waals surface area contributed by atoms with Crippen LogP contribution in [0.4, 0.5) is 0 Å². The highest BCUT2D eigenvalue weighted by atomic mass is 31.2. The van der Waals surface area contributed by atoms with Crippen molar-refractivity contribution in [2.75, 3.05) is 26.4 Å². The average Bonchev–Trinajstić information content (AvgIpc) is 3.20. The van der Waals surface area contributed by atoms with Crippen molar-refractivity contribution in [2.24, 2.45) is 5.73 Å². The molecule has 0 saturated carbocycles. The van der Waals surface area contributed by atoms with E-state index < -0.39 is 26.5 Å². The summed E-state index contributed by atoms with van der Waals surface area (Å²) in [5.41, 5.74) is 5.35. The molecule has 0 aliphatic heterocycles. The molecule has 0 aliphatic carbocycles. The van der Waals surface area contributed by atoms with E-state index in [0.717, 1.165) is 51.4 Å². The lowest BCUT2D eigenvalue weighted by Gasteiger charge is -2.19. The van der Waals surface area contributed by atoms with Crippen LogP contribution >= 0.6 is 7.82 Å². The van der Waals surface area contributed by atoms with E-state index in [-0.39, 0.29) is 38.6 Å². The molecular formula is C47H92NO8P. The first-order valence-electron chi connectivity index (χ1n) is 24.2. The predicted molar refractivity (Wildman–Crippen MR) is 238 cm³/mol. The Balaban J connectivity index is 4.00. The zero-order chi connectivity index (χ0) is 41.8. The van der Waals surface area contributed by atoms with Crippen LogP contribution in [-0.4, -0.2) is 49.3 Å². The predicted octanol–water partition coefficient (Wildman–Crippen LogP) is 14.2. The third-order valence-electron chi connectivity index (χ3n) is 10.7. The number of hydrogen-bond donors (Lipinski definition) is 2. The van der Waals surface area contributed by atoms with E-state index in [4.69, 9.17) is 24.3 Å². The van der Waals surface area contributed by atoms with Gasteiger partial charge in [-0.1, -0.05) is 206 Å². The van der Waals surface area contributed by atoms with Gasteiger partial charge in [0.1, 0.15) is 6.61 Å². The molecule has 0 aromatic heterocycles. The van der Waals surface area contributed by atoms with Crippen LogP contribution in [0.15, 0.2) is 12.2 Å². The molecule has 0 saturated heterocycles. The first-order valence-corrected chi connectivity index (χ1v) is 25.7. The second kappa shape index (κ2) is 44.3. The number of rotatable bonds is 46. The number of allylic oxidation sites excluding steroid dienone is 2. The average molecular weight is 830 g/mol. The van der Waals surface area contributed by atoms with E-state index >= 15 is 0 Å². The molecule has 2 atom stereocenters. The molecule has 0 heterocycles. The summed E-state index contributed by atoms with van der Waals surface area (Å²) in [6.45, 7) is 3.76. The molecule has 1 unspecified atom stereocenters. The largest absolute Gasteiger partial charge is 0.472 e. The van der Waals surface area contributed by atoms with E-state index in [1.54, 1.807) is 0 Å². The molecule has 9 nitrogen and oxygen atoms in total. The van der Waals surface area contributed by atoms with Crippen molar-refractivity contribution in [3.8, 4) is 0 Å². The highest BCUT2D eigenvalue weighted by molar-refractivity contribution is 7.47. The minimum absolute atomic E-state index is 0.0550. The Morgan fingerprint density at radius 3 is 1.25 bits per heavy atom. The number of hydrogen-bond acceptors (Lipinski definition) is 8. The molecule has 0 spiro atoms. The van der Waals surface area contributed by atoms with E-state index in [9.17, 15) is 19.0 Å². The van der Waals surface area contributed by atoms with Crippen molar-refractivity contribution < 1.29 is 37.6 Å². The molecule has 0 bridgehead atoms. The molecule has 0 aromatic rings. The van der Waals surface area contributed by atoms with Crippen molar-refractivity contribution >= 4 is 19.8 Å². The van der Waals surface area contributed by atoms with Crippen molar-refractivity contribution in [1.29, 1.82) is 0 Å². The van der Waals surface area contributed by atoms with Gasteiger partial charge in [-0.3, -0.25) is 18.6 Å². The number of carbonyl (C=O) groups is 2. The van der Waals surface area contributed by atoms with Crippen molar-refractivity contribution in [3.63, 3.8) is 0 Å². The van der Waals surface area contributed by atoms with Crippen LogP contribution < -0.4 is 5.73 Å². The first-order chi connectivity index (χ1) is 27.8. The van der Waals surface area contributed by atoms with Gasteiger partial charge in [-0.25, -0.2) is 4.57 Å². The van der Waals surface area contributed by atoms with Gasteiger partial charge in [0.15, 0.2) is 6.10 Å². The molecule has 338 valence electrons. The fraction of sp³-hybridized carbons (Fsp3) is 0.915. The Morgan fingerprint density at radius 1 is 0.509 bits per heavy atom. The van der Waals surface area contributed by atoms with Gasteiger partial charge < -0.3 is 20.1 Å². The normalized spacial score (nSPS) is 13.3. The fourth-order valence-electron chi connectivity index (χ4n) is 7.04. The molecule has 0 amide bonds. The fourth-order valence-corrected chi connectivity index (χ4v) is 7.81. The quantitative estimate of drug-likeness (QED) is 0.0266. The molecule has 3 N–H and O–H groups in total. The maximum atomic E-state index is 12.6. The summed E-state index contributed by atoms with van der Waals surface area (Å²) >= 11 is 0. The van der Waals surface area contributed by atoms with E-state index in [0.29, 0.717) is 6.42 Å². The molecule has 10 heteroatoms. The monoisotopic (exact) mass is 830 g/mol. The summed E-state index contributed by atoms with van der Waals surface area (Å²) in [4.78, 5) is 34.9. The Kier molecular flexibility index (Phi) is 43.3. The van der Waals surface area contributed by atoms with Gasteiger partial charge in [0.2, 0.25) is 0 Å². The van der Waals surface area contributed by atoms with Gasteiger partial charge in [-0.15, -0.1) is 0 Å². The zero-order valence-electron chi connectivity index (χ0n) is 37.3. The maximum Gasteiger partial charge on any atom is 0.472 e. The topological polar surface area (TPSA) is 134 Å². The third-order valence-corrected chi connectivity index (χ3v) is 11.6. The molecule has 0 radical (unpaired) electrons. The van der Waals surface area contributed by atoms with Gasteiger partial charge in [0, 0.05) is 19.4 Å². The SMILES string of the molecule is CCCCCCC/C=C/CCCCCCCC(=O)O[C@H](COC(=O)CCCCCCCCCCCCCCCCCCCCCCCC)COP(=O)(O)OCCN. The Hall–Kier alpha value is -1.25. The van der Waals surface area contributed by atoms with Gasteiger partial charge in [-0.05, 0) is 38.5 Å². The van der Waals surface area contributed by atoms with Gasteiger partial charge >= 0.3 is 19.8 Å². The van der Waals surface area contributed by atoms with Crippen molar-refractivity contribution in [3.05, 3.63) is 12.2 Å². The molecule has 0 aliphatic rings. The van der Waals surface area contributed by atoms with E-state index in [1.165, 1.54) is 161 Å². The molecular weight excluding hydrogens is 737 g/mol. The number of carbonyl (C=O) groups excluding carboxylic acids is 2.